The molecule has 166 valence electrons. The minimum absolute atomic E-state index is 0.00591. The van der Waals surface area contributed by atoms with E-state index in [4.69, 9.17) is 31.7 Å². The second-order valence-corrected chi connectivity index (χ2v) is 10.1. The summed E-state index contributed by atoms with van der Waals surface area (Å²) in [5.41, 5.74) is 0.955. The van der Waals surface area contributed by atoms with E-state index in [2.05, 4.69) is 4.62 Å². The minimum atomic E-state index is -4.17. The second-order valence-electron chi connectivity index (χ2n) is 7.16. The Morgan fingerprint density at radius 1 is 1.20 bits per heavy atom. The van der Waals surface area contributed by atoms with Crippen LogP contribution in [0.2, 0.25) is 5.02 Å². The molecule has 2 rings (SSSR count). The summed E-state index contributed by atoms with van der Waals surface area (Å²) in [6.45, 7) is 5.83. The molecule has 0 saturated carbocycles. The van der Waals surface area contributed by atoms with Crippen LogP contribution >= 0.6 is 31.2 Å². The van der Waals surface area contributed by atoms with Gasteiger partial charge in [-0.3, -0.25) is 4.52 Å². The topological polar surface area (TPSA) is 111 Å². The summed E-state index contributed by atoms with van der Waals surface area (Å²) in [7, 11) is -4.17. The van der Waals surface area contributed by atoms with Crippen LogP contribution in [-0.2, 0) is 20.1 Å². The van der Waals surface area contributed by atoms with Gasteiger partial charge in [0.1, 0.15) is 11.5 Å². The summed E-state index contributed by atoms with van der Waals surface area (Å²) >= 11 is 7.84. The van der Waals surface area contributed by atoms with Crippen LogP contribution in [0.1, 0.15) is 32.8 Å². The molecule has 0 amide bonds. The SMILES string of the molecule is CC(CCc1ccc(Sc2cc(OC(C)C)ccc2O)cc1Cl)COP(=O)(O)ON. The normalized spacial score (nSPS) is 14.5. The lowest BCUT2D eigenvalue weighted by Crippen LogP contribution is -2.08. The summed E-state index contributed by atoms with van der Waals surface area (Å²) in [5.74, 6) is 5.58. The van der Waals surface area contributed by atoms with E-state index in [0.717, 1.165) is 10.5 Å². The Bertz CT molecular complexity index is 898. The fraction of sp³-hybridized carbons (Fsp3) is 0.400. The van der Waals surface area contributed by atoms with Crippen molar-refractivity contribution >= 4 is 31.2 Å². The van der Waals surface area contributed by atoms with Gasteiger partial charge in [0.2, 0.25) is 0 Å². The van der Waals surface area contributed by atoms with Gasteiger partial charge in [-0.1, -0.05) is 36.4 Å². The molecule has 2 aromatic carbocycles. The number of phenols is 1. The molecule has 2 unspecified atom stereocenters. The van der Waals surface area contributed by atoms with Crippen molar-refractivity contribution in [1.82, 2.24) is 0 Å². The zero-order valence-electron chi connectivity index (χ0n) is 17.1. The standard InChI is InChI=1S/C20H27ClNO6PS/c1-13(2)27-16-7-9-19(23)20(10-16)30-17-8-6-15(18(21)11-17)5-4-14(3)12-26-29(24,25)28-22/h6-11,13-14,23H,4-5,12,22H2,1-3H3,(H,24,25). The van der Waals surface area contributed by atoms with Gasteiger partial charge in [-0.05, 0) is 68.5 Å². The molecule has 2 atom stereocenters. The number of hydrogen-bond acceptors (Lipinski definition) is 7. The molecule has 0 heterocycles. The Kier molecular flexibility index (Phi) is 9.50. The molecule has 0 fully saturated rings. The summed E-state index contributed by atoms with van der Waals surface area (Å²) < 4.78 is 25.6. The van der Waals surface area contributed by atoms with E-state index < -0.39 is 7.82 Å². The number of hydrogen-bond donors (Lipinski definition) is 3. The van der Waals surface area contributed by atoms with Gasteiger partial charge in [0.05, 0.1) is 17.6 Å². The van der Waals surface area contributed by atoms with Crippen LogP contribution in [0.15, 0.2) is 46.2 Å². The van der Waals surface area contributed by atoms with Gasteiger partial charge in [0, 0.05) is 9.92 Å². The monoisotopic (exact) mass is 475 g/mol. The molecule has 0 aliphatic rings. The van der Waals surface area contributed by atoms with E-state index >= 15 is 0 Å². The average molecular weight is 476 g/mol. The Labute approximate surface area is 186 Å². The van der Waals surface area contributed by atoms with E-state index in [1.165, 1.54) is 11.8 Å². The predicted molar refractivity (Wildman–Crippen MR) is 118 cm³/mol. The molecule has 0 spiro atoms. The molecule has 0 radical (unpaired) electrons. The van der Waals surface area contributed by atoms with Gasteiger partial charge in [0.25, 0.3) is 0 Å². The Morgan fingerprint density at radius 2 is 1.93 bits per heavy atom. The molecule has 0 aromatic heterocycles. The van der Waals surface area contributed by atoms with Crippen molar-refractivity contribution in [2.24, 2.45) is 11.8 Å². The predicted octanol–water partition coefficient (Wildman–Crippen LogP) is 5.56. The van der Waals surface area contributed by atoms with E-state index in [1.807, 2.05) is 39.0 Å². The Balaban J connectivity index is 1.98. The first-order valence-electron chi connectivity index (χ1n) is 9.41. The largest absolute Gasteiger partial charge is 0.507 e. The highest BCUT2D eigenvalue weighted by Gasteiger charge is 2.20. The lowest BCUT2D eigenvalue weighted by Gasteiger charge is -2.15. The number of rotatable bonds is 11. The van der Waals surface area contributed by atoms with Crippen molar-refractivity contribution in [2.45, 2.75) is 49.5 Å². The van der Waals surface area contributed by atoms with Crippen molar-refractivity contribution in [1.29, 1.82) is 0 Å². The van der Waals surface area contributed by atoms with Crippen LogP contribution in [0.3, 0.4) is 0 Å². The van der Waals surface area contributed by atoms with Gasteiger partial charge in [-0.15, -0.1) is 0 Å². The molecule has 10 heteroatoms. The maximum Gasteiger partial charge on any atom is 0.488 e. The molecule has 0 aliphatic carbocycles. The number of phenolic OH excluding ortho intramolecular Hbond substituents is 1. The molecule has 0 bridgehead atoms. The first kappa shape index (κ1) is 25.0. The van der Waals surface area contributed by atoms with Gasteiger partial charge in [-0.2, -0.15) is 0 Å². The van der Waals surface area contributed by atoms with Gasteiger partial charge < -0.3 is 14.7 Å². The number of ether oxygens (including phenoxy) is 1. The lowest BCUT2D eigenvalue weighted by atomic mass is 10.0. The van der Waals surface area contributed by atoms with Crippen molar-refractivity contribution in [3.8, 4) is 11.5 Å². The van der Waals surface area contributed by atoms with Gasteiger partial charge in [0.15, 0.2) is 0 Å². The maximum absolute atomic E-state index is 11.2. The number of benzene rings is 2. The first-order valence-corrected chi connectivity index (χ1v) is 12.1. The van der Waals surface area contributed by atoms with Crippen molar-refractivity contribution in [2.75, 3.05) is 6.61 Å². The van der Waals surface area contributed by atoms with Gasteiger partial charge in [-0.25, -0.2) is 15.1 Å². The lowest BCUT2D eigenvalue weighted by molar-refractivity contribution is 0.133. The number of aryl methyl sites for hydroxylation is 1. The van der Waals surface area contributed by atoms with Crippen molar-refractivity contribution in [3.63, 3.8) is 0 Å². The number of halogens is 1. The average Bonchev–Trinajstić information content (AvgIpc) is 2.68. The molecule has 0 saturated heterocycles. The molecule has 2 aromatic rings. The highest BCUT2D eigenvalue weighted by Crippen LogP contribution is 2.41. The molecule has 7 nitrogen and oxygen atoms in total. The third-order valence-electron chi connectivity index (χ3n) is 4.12. The molecule has 0 aliphatic heterocycles. The molecule has 4 N–H and O–H groups in total. The fourth-order valence-electron chi connectivity index (χ4n) is 2.58. The van der Waals surface area contributed by atoms with E-state index in [9.17, 15) is 9.67 Å². The van der Waals surface area contributed by atoms with Crippen LogP contribution in [0.25, 0.3) is 0 Å². The van der Waals surface area contributed by atoms with Crippen LogP contribution in [0.5, 0.6) is 11.5 Å². The summed E-state index contributed by atoms with van der Waals surface area (Å²) in [5, 5.41) is 10.8. The highest BCUT2D eigenvalue weighted by atomic mass is 35.5. The highest BCUT2D eigenvalue weighted by molar-refractivity contribution is 7.99. The minimum Gasteiger partial charge on any atom is -0.507 e. The molecule has 30 heavy (non-hydrogen) atoms. The Morgan fingerprint density at radius 3 is 2.57 bits per heavy atom. The third kappa shape index (κ3) is 8.12. The Hall–Kier alpha value is -1.25. The second kappa shape index (κ2) is 11.4. The number of nitrogens with two attached hydrogens (primary N) is 1. The van der Waals surface area contributed by atoms with Gasteiger partial charge >= 0.3 is 7.82 Å². The van der Waals surface area contributed by atoms with Crippen LogP contribution in [-0.4, -0.2) is 22.7 Å². The van der Waals surface area contributed by atoms with Crippen LogP contribution in [0, 0.1) is 5.92 Å². The zero-order valence-corrected chi connectivity index (χ0v) is 19.5. The first-order chi connectivity index (χ1) is 14.1. The maximum atomic E-state index is 11.2. The van der Waals surface area contributed by atoms with E-state index in [1.54, 1.807) is 18.2 Å². The fourth-order valence-corrected chi connectivity index (χ4v) is 4.34. The molecular formula is C20H27ClNO6PS. The van der Waals surface area contributed by atoms with Crippen LogP contribution < -0.4 is 10.6 Å². The smallest absolute Gasteiger partial charge is 0.488 e. The van der Waals surface area contributed by atoms with E-state index in [0.29, 0.717) is 28.5 Å². The summed E-state index contributed by atoms with van der Waals surface area (Å²) in [4.78, 5) is 10.7. The molecular weight excluding hydrogens is 449 g/mol. The third-order valence-corrected chi connectivity index (χ3v) is 6.25. The quantitative estimate of drug-likeness (QED) is 0.286. The summed E-state index contributed by atoms with van der Waals surface area (Å²) in [6, 6.07) is 10.9. The summed E-state index contributed by atoms with van der Waals surface area (Å²) in [6.07, 6.45) is 1.42. The van der Waals surface area contributed by atoms with Crippen molar-refractivity contribution < 1.29 is 28.5 Å². The number of phosphoric ester groups is 1. The van der Waals surface area contributed by atoms with Crippen molar-refractivity contribution in [3.05, 3.63) is 47.0 Å². The zero-order chi connectivity index (χ0) is 22.3. The van der Waals surface area contributed by atoms with E-state index in [-0.39, 0.29) is 24.4 Å². The number of aromatic hydroxyl groups is 1. The van der Waals surface area contributed by atoms with Crippen LogP contribution in [0.4, 0.5) is 0 Å². The number of phosphoric acid groups is 1.